The van der Waals surface area contributed by atoms with Gasteiger partial charge >= 0.3 is 0 Å². The second-order valence-corrected chi connectivity index (χ2v) is 37.0. The van der Waals surface area contributed by atoms with E-state index >= 15 is 4.39 Å². The Morgan fingerprint density at radius 1 is 0.322 bits per heavy atom. The van der Waals surface area contributed by atoms with Gasteiger partial charge in [0.15, 0.2) is 0 Å². The summed E-state index contributed by atoms with van der Waals surface area (Å²) in [6.07, 6.45) is 15.6. The minimum absolute atomic E-state index is 0. The van der Waals surface area contributed by atoms with Gasteiger partial charge < -0.3 is 32.0 Å². The molecule has 0 fully saturated rings. The maximum Gasteiger partial charge on any atom is 0.120 e. The van der Waals surface area contributed by atoms with Gasteiger partial charge in [-0.05, 0) is 191 Å². The third kappa shape index (κ3) is 20.0. The molecule has 0 saturated carbocycles. The van der Waals surface area contributed by atoms with Gasteiger partial charge in [-0.2, -0.15) is 0 Å². The molecule has 6 aromatic heterocycles. The van der Waals surface area contributed by atoms with E-state index in [0.29, 0.717) is 5.82 Å². The van der Waals surface area contributed by atoms with Crippen LogP contribution in [0.15, 0.2) is 430 Å². The van der Waals surface area contributed by atoms with Crippen LogP contribution in [0.1, 0.15) is 50.9 Å². The van der Waals surface area contributed by atoms with E-state index in [2.05, 4.69) is 404 Å². The van der Waals surface area contributed by atoms with Crippen LogP contribution >= 0.6 is 0 Å². The first-order valence-corrected chi connectivity index (χ1v) is 48.9. The van der Waals surface area contributed by atoms with E-state index in [4.69, 9.17) is 19.1 Å². The molecule has 4 radical (unpaired) electrons. The fraction of sp³-hybridized carbons (Fsp3) is 0.0758. The van der Waals surface area contributed by atoms with Gasteiger partial charge in [-0.1, -0.05) is 331 Å². The van der Waals surface area contributed by atoms with E-state index < -0.39 is 11.6 Å². The number of rotatable bonds is 15. The third-order valence-corrected chi connectivity index (χ3v) is 27.5. The van der Waals surface area contributed by atoms with Crippen LogP contribution in [0.3, 0.4) is 0 Å². The molecule has 0 bridgehead atoms. The van der Waals surface area contributed by atoms with Gasteiger partial charge in [-0.3, -0.25) is 28.7 Å². The Kier molecular flexibility index (Phi) is 30.5. The first kappa shape index (κ1) is 102. The van der Waals surface area contributed by atoms with Crippen molar-refractivity contribution in [3.63, 3.8) is 0 Å². The van der Waals surface area contributed by atoms with Gasteiger partial charge in [0.25, 0.3) is 0 Å². The first-order valence-electron chi connectivity index (χ1n) is 48.9. The molecule has 1 aliphatic rings. The van der Waals surface area contributed by atoms with Crippen molar-refractivity contribution < 1.29 is 98.4 Å². The Balaban J connectivity index is 0.000000128. The summed E-state index contributed by atoms with van der Waals surface area (Å²) in [5.74, 6) is 2.56. The van der Waals surface area contributed by atoms with E-state index in [9.17, 15) is 4.39 Å². The van der Waals surface area contributed by atoms with Crippen molar-refractivity contribution >= 4 is 65.3 Å². The number of imidazole rings is 4. The standard InChI is InChI=1S/C48H36N3.C35H21F2N2.C28H19N2O.C21H21N2O.4Ir/c1-32-28-40(35-18-7-4-8-19-35)47(41(29-32)36-20-9-5-10-21-36)50-31-43(46-33(2)16-15-17-34(46)3)49-48(50)37-26-27-45-42(30-37)39-24-13-14-25-44(39)51(45)38-22-11-6-12-23-38;36-25-18-19-32(33(37)22-25)35-38-20-21-39(35)34-30(28-14-5-10-23-8-1-3-12-26(23)28)16-7-17-31(34)29-15-6-11-24-9-2-4-13-27(24)29;1-19-8-7-12-22(20-9-3-2-4-10-20)27(19)30-17-16-29-28(30)21-14-15-26-24(18-21)23-11-5-6-13-25(23)31-26;1-14-11-15(2)20(16(3)12-14)23-9-8-22-21(23)18-6-7-19-17(13-18)5-4-10-24-19;;;;/h4-25,27-31H,1-3H3;1-18,20-22H;2-13,15-18H,1H3;7-9,11-13H,4-5,10H2,1-3H3;;;;/q4*-1;;;;. The van der Waals surface area contributed by atoms with Gasteiger partial charge in [0, 0.05) is 203 Å². The normalized spacial score (nSPS) is 11.4. The van der Waals surface area contributed by atoms with E-state index in [1.807, 2.05) is 108 Å². The molecule has 0 unspecified atom stereocenters. The quantitative estimate of drug-likeness (QED) is 0.0949. The number of aromatic nitrogens is 9. The van der Waals surface area contributed by atoms with Crippen LogP contribution in [0.5, 0.6) is 5.75 Å². The van der Waals surface area contributed by atoms with Crippen molar-refractivity contribution in [3.8, 4) is 147 Å². The van der Waals surface area contributed by atoms with Crippen molar-refractivity contribution in [3.05, 3.63) is 506 Å². The zero-order chi connectivity index (χ0) is 98.3. The number of ether oxygens (including phenoxy) is 1. The number of furan rings is 1. The molecule has 0 N–H and O–H groups in total. The summed E-state index contributed by atoms with van der Waals surface area (Å²) in [6.45, 7) is 15.9. The molecule has 19 aromatic carbocycles. The largest absolute Gasteiger partial charge is 0.537 e. The van der Waals surface area contributed by atoms with Gasteiger partial charge in [-0.15, -0.1) is 83.4 Å². The van der Waals surface area contributed by atoms with Crippen molar-refractivity contribution in [1.29, 1.82) is 0 Å². The number of benzene rings is 19. The Labute approximate surface area is 918 Å². The Morgan fingerprint density at radius 2 is 0.785 bits per heavy atom. The number of hydrogen-bond acceptors (Lipinski definition) is 6. The Morgan fingerprint density at radius 3 is 1.41 bits per heavy atom. The smallest absolute Gasteiger partial charge is 0.120 e. The molecule has 149 heavy (non-hydrogen) atoms. The average Bonchev–Trinajstić information content (AvgIpc) is 1.62. The molecule has 0 atom stereocenters. The second kappa shape index (κ2) is 44.6. The molecule has 0 aliphatic carbocycles. The Hall–Kier alpha value is -15.6. The summed E-state index contributed by atoms with van der Waals surface area (Å²) in [6, 6.07) is 144. The summed E-state index contributed by atoms with van der Waals surface area (Å²) in [5, 5.41) is 9.01. The van der Waals surface area contributed by atoms with E-state index in [1.165, 1.54) is 77.6 Å². The van der Waals surface area contributed by atoms with Crippen LogP contribution in [-0.2, 0) is 86.8 Å². The van der Waals surface area contributed by atoms with Crippen molar-refractivity contribution in [2.45, 2.75) is 61.3 Å². The van der Waals surface area contributed by atoms with Crippen LogP contribution in [0.4, 0.5) is 8.78 Å². The van der Waals surface area contributed by atoms with E-state index in [-0.39, 0.29) is 86.0 Å². The number of para-hydroxylation sites is 5. The van der Waals surface area contributed by atoms with Crippen molar-refractivity contribution in [1.82, 2.24) is 42.8 Å². The molecule has 736 valence electrons. The van der Waals surface area contributed by atoms with Crippen molar-refractivity contribution in [2.24, 2.45) is 0 Å². The molecular weight excluding hydrogens is 2550 g/mol. The molecule has 1 aliphatic heterocycles. The van der Waals surface area contributed by atoms with Crippen LogP contribution in [-0.4, -0.2) is 49.4 Å². The maximum absolute atomic E-state index is 15.0. The fourth-order valence-corrected chi connectivity index (χ4v) is 21.1. The number of hydrogen-bond donors (Lipinski definition) is 0. The summed E-state index contributed by atoms with van der Waals surface area (Å²) in [5.41, 5.74) is 35.4. The summed E-state index contributed by atoms with van der Waals surface area (Å²) >= 11 is 0. The van der Waals surface area contributed by atoms with Crippen LogP contribution < -0.4 is 4.74 Å². The van der Waals surface area contributed by atoms with Gasteiger partial charge in [0.05, 0.1) is 52.6 Å². The summed E-state index contributed by atoms with van der Waals surface area (Å²) in [4.78, 5) is 19.4. The molecule has 0 spiro atoms. The first-order chi connectivity index (χ1) is 71.2. The summed E-state index contributed by atoms with van der Waals surface area (Å²) < 4.78 is 51.4. The molecular formula is C132H97F2Ir4N9O2-4. The fourth-order valence-electron chi connectivity index (χ4n) is 21.1. The Bertz CT molecular complexity index is 9010. The van der Waals surface area contributed by atoms with Crippen LogP contribution in [0.2, 0.25) is 0 Å². The summed E-state index contributed by atoms with van der Waals surface area (Å²) in [7, 11) is 0. The zero-order valence-corrected chi connectivity index (χ0v) is 92.0. The maximum atomic E-state index is 15.0. The molecule has 25 aromatic rings. The molecule has 26 rings (SSSR count). The molecule has 17 heteroatoms. The van der Waals surface area contributed by atoms with E-state index in [0.717, 1.165) is 199 Å². The minimum atomic E-state index is -0.711. The predicted octanol–water partition coefficient (Wildman–Crippen LogP) is 33.4. The topological polar surface area (TPSA) is 98.6 Å². The van der Waals surface area contributed by atoms with E-state index in [1.54, 1.807) is 6.20 Å². The number of nitrogens with zero attached hydrogens (tertiary/aromatic N) is 9. The predicted molar refractivity (Wildman–Crippen MR) is 587 cm³/mol. The molecule has 0 amide bonds. The molecule has 7 heterocycles. The van der Waals surface area contributed by atoms with Gasteiger partial charge in [-0.25, -0.2) is 0 Å². The third-order valence-electron chi connectivity index (χ3n) is 27.5. The van der Waals surface area contributed by atoms with Gasteiger partial charge in [0.1, 0.15) is 5.58 Å². The van der Waals surface area contributed by atoms with Gasteiger partial charge in [0.2, 0.25) is 0 Å². The second-order valence-electron chi connectivity index (χ2n) is 37.0. The number of fused-ring (bicyclic) bond motifs is 9. The minimum Gasteiger partial charge on any atom is -0.537 e. The number of aryl methyl sites for hydroxylation is 8. The zero-order valence-electron chi connectivity index (χ0n) is 82.5. The SMILES string of the molecule is Cc1cc(-c2ccccc2)c(-n2cc(-c3c(C)cccc3C)nc2-c2[c-]cc3c(c2)c2ccccc2n3-c2ccccc2)c(-c2ccccc2)c1.Cc1cc(C)c(-n2ccnc2-c2[c-]cc3c(c2)CCCO3)c(C)c1.Cc1cccc(-c2ccccc2)c1-n1ccnc1-c1[c-]cc2oc3ccccc3c2c1.Fc1c[c-]c(-c2nccn2-c2c(-c3cccc4ccccc34)cccc2-c2cccc3ccccc23)c(F)c1.[Ir].[Ir].[Ir].[Ir]. The average molecular weight is 2650 g/mol. The number of halogens is 2. The molecule has 0 saturated heterocycles. The monoisotopic (exact) mass is 2650 g/mol. The van der Waals surface area contributed by atoms with Crippen LogP contribution in [0, 0.1) is 84.4 Å². The molecule has 11 nitrogen and oxygen atoms in total. The van der Waals surface area contributed by atoms with Crippen molar-refractivity contribution in [2.75, 3.05) is 6.61 Å². The van der Waals surface area contributed by atoms with Crippen LogP contribution in [0.25, 0.3) is 206 Å².